The molecular formula is C26H23FN6O. The minimum atomic E-state index is -0.308. The van der Waals surface area contributed by atoms with E-state index in [0.29, 0.717) is 24.7 Å². The zero-order valence-corrected chi connectivity index (χ0v) is 18.9. The molecule has 0 spiro atoms. The third-order valence-electron chi connectivity index (χ3n) is 5.78. The fourth-order valence-corrected chi connectivity index (χ4v) is 3.97. The highest BCUT2D eigenvalue weighted by molar-refractivity contribution is 5.92. The lowest BCUT2D eigenvalue weighted by molar-refractivity contribution is 0.183. The van der Waals surface area contributed by atoms with Crippen LogP contribution in [0, 0.1) is 12.7 Å². The van der Waals surface area contributed by atoms with Gasteiger partial charge in [0.1, 0.15) is 18.0 Å². The van der Waals surface area contributed by atoms with Crippen molar-refractivity contribution in [2.24, 2.45) is 0 Å². The molecule has 2 N–H and O–H groups in total. The summed E-state index contributed by atoms with van der Waals surface area (Å²) in [5.41, 5.74) is 13.0. The third kappa shape index (κ3) is 4.11. The van der Waals surface area contributed by atoms with Gasteiger partial charge in [0.25, 0.3) is 0 Å². The van der Waals surface area contributed by atoms with Crippen LogP contribution < -0.4 is 5.73 Å². The van der Waals surface area contributed by atoms with Gasteiger partial charge in [-0.3, -0.25) is 4.68 Å². The summed E-state index contributed by atoms with van der Waals surface area (Å²) in [5, 5.41) is 5.37. The molecule has 0 amide bonds. The Morgan fingerprint density at radius 2 is 1.76 bits per heavy atom. The second-order valence-electron chi connectivity index (χ2n) is 8.00. The number of hydrogen-bond donors (Lipinski definition) is 1. The average molecular weight is 455 g/mol. The number of methoxy groups -OCH3 is 1. The van der Waals surface area contributed by atoms with E-state index in [4.69, 9.17) is 15.5 Å². The minimum absolute atomic E-state index is 0.308. The predicted octanol–water partition coefficient (Wildman–Crippen LogP) is 4.90. The summed E-state index contributed by atoms with van der Waals surface area (Å²) in [5.74, 6) is 0.0616. The van der Waals surface area contributed by atoms with Crippen LogP contribution in [0.1, 0.15) is 5.69 Å². The van der Waals surface area contributed by atoms with E-state index in [2.05, 4.69) is 21.1 Å². The highest BCUT2D eigenvalue weighted by Crippen LogP contribution is 2.38. The van der Waals surface area contributed by atoms with Gasteiger partial charge in [0.05, 0.1) is 30.6 Å². The molecule has 7 nitrogen and oxygen atoms in total. The molecule has 0 atom stereocenters. The Labute approximate surface area is 196 Å². The summed E-state index contributed by atoms with van der Waals surface area (Å²) < 4.78 is 20.6. The number of nitrogen functional groups attached to an aromatic ring is 1. The van der Waals surface area contributed by atoms with Crippen molar-refractivity contribution in [2.45, 2.75) is 13.5 Å². The van der Waals surface area contributed by atoms with Crippen LogP contribution in [0.5, 0.6) is 0 Å². The second kappa shape index (κ2) is 8.99. The number of rotatable bonds is 6. The summed E-state index contributed by atoms with van der Waals surface area (Å²) in [6, 6.07) is 14.3. The maximum atomic E-state index is 13.6. The van der Waals surface area contributed by atoms with E-state index in [1.807, 2.05) is 36.0 Å². The lowest BCUT2D eigenvalue weighted by Gasteiger charge is -2.14. The Hall–Kier alpha value is -4.17. The molecule has 5 rings (SSSR count). The first-order valence-electron chi connectivity index (χ1n) is 10.8. The van der Waals surface area contributed by atoms with Crippen LogP contribution in [0.2, 0.25) is 0 Å². The van der Waals surface area contributed by atoms with Crippen LogP contribution in [-0.2, 0) is 11.3 Å². The van der Waals surface area contributed by atoms with Crippen molar-refractivity contribution in [1.82, 2.24) is 24.7 Å². The molecular weight excluding hydrogens is 431 g/mol. The van der Waals surface area contributed by atoms with E-state index in [9.17, 15) is 4.39 Å². The smallest absolute Gasteiger partial charge is 0.132 e. The van der Waals surface area contributed by atoms with Crippen LogP contribution in [-0.4, -0.2) is 38.4 Å². The van der Waals surface area contributed by atoms with Gasteiger partial charge in [0.2, 0.25) is 0 Å². The normalized spacial score (nSPS) is 11.3. The molecule has 34 heavy (non-hydrogen) atoms. The van der Waals surface area contributed by atoms with Crippen molar-refractivity contribution in [1.29, 1.82) is 0 Å². The number of pyridine rings is 1. The zero-order chi connectivity index (χ0) is 23.7. The summed E-state index contributed by atoms with van der Waals surface area (Å²) in [7, 11) is 1.66. The summed E-state index contributed by atoms with van der Waals surface area (Å²) in [4.78, 5) is 13.5. The second-order valence-corrected chi connectivity index (χ2v) is 8.00. The van der Waals surface area contributed by atoms with Crippen LogP contribution in [0.3, 0.4) is 0 Å². The number of hydrogen-bond acceptors (Lipinski definition) is 6. The Morgan fingerprint density at radius 1 is 0.971 bits per heavy atom. The number of aryl methyl sites for hydroxylation is 1. The number of benzene rings is 2. The van der Waals surface area contributed by atoms with Gasteiger partial charge in [-0.2, -0.15) is 5.10 Å². The van der Waals surface area contributed by atoms with Crippen molar-refractivity contribution in [3.63, 3.8) is 0 Å². The molecule has 0 saturated heterocycles. The van der Waals surface area contributed by atoms with Crippen LogP contribution >= 0.6 is 0 Å². The molecule has 0 radical (unpaired) electrons. The fraction of sp³-hybridized carbons (Fsp3) is 0.154. The Balaban J connectivity index is 1.70. The van der Waals surface area contributed by atoms with Crippen molar-refractivity contribution < 1.29 is 9.13 Å². The number of anilines is 1. The highest BCUT2D eigenvalue weighted by atomic mass is 19.1. The summed E-state index contributed by atoms with van der Waals surface area (Å²) in [6.45, 7) is 3.15. The first kappa shape index (κ1) is 21.7. The molecule has 2 aromatic carbocycles. The molecule has 0 aliphatic carbocycles. The molecule has 0 fully saturated rings. The molecule has 170 valence electrons. The van der Waals surface area contributed by atoms with E-state index < -0.39 is 0 Å². The standard InChI is InChI=1S/C26H23FN6O/c1-16-21-11-18(5-8-24(21)30-15-29-16)22-12-23(19-13-31-33(14-19)9-10-34-2)26(28)32-25(22)17-3-6-20(27)7-4-17/h3-8,11-15H,9-10H2,1-2H3,(H2,28,32). The first-order chi connectivity index (χ1) is 16.5. The third-order valence-corrected chi connectivity index (χ3v) is 5.78. The van der Waals surface area contributed by atoms with Crippen molar-refractivity contribution in [3.8, 4) is 33.5 Å². The molecule has 0 aliphatic heterocycles. The van der Waals surface area contributed by atoms with E-state index in [0.717, 1.165) is 44.4 Å². The molecule has 3 heterocycles. The number of nitrogens with zero attached hydrogens (tertiary/aromatic N) is 5. The van der Waals surface area contributed by atoms with Crippen molar-refractivity contribution in [3.05, 3.63) is 78.8 Å². The van der Waals surface area contributed by atoms with Gasteiger partial charge < -0.3 is 10.5 Å². The van der Waals surface area contributed by atoms with E-state index in [-0.39, 0.29) is 5.82 Å². The summed E-state index contributed by atoms with van der Waals surface area (Å²) in [6.07, 6.45) is 5.25. The van der Waals surface area contributed by atoms with E-state index >= 15 is 0 Å². The van der Waals surface area contributed by atoms with Crippen LogP contribution in [0.15, 0.2) is 67.3 Å². The van der Waals surface area contributed by atoms with Gasteiger partial charge in [-0.15, -0.1) is 0 Å². The minimum Gasteiger partial charge on any atom is -0.383 e. The monoisotopic (exact) mass is 454 g/mol. The molecule has 0 unspecified atom stereocenters. The highest BCUT2D eigenvalue weighted by Gasteiger charge is 2.17. The van der Waals surface area contributed by atoms with Gasteiger partial charge in [-0.25, -0.2) is 19.3 Å². The lowest BCUT2D eigenvalue weighted by atomic mass is 9.95. The van der Waals surface area contributed by atoms with Crippen LogP contribution in [0.25, 0.3) is 44.4 Å². The molecule has 8 heteroatoms. The van der Waals surface area contributed by atoms with Gasteiger partial charge >= 0.3 is 0 Å². The van der Waals surface area contributed by atoms with Gasteiger partial charge in [-0.05, 0) is 55.0 Å². The Kier molecular flexibility index (Phi) is 5.73. The van der Waals surface area contributed by atoms with Gasteiger partial charge in [0, 0.05) is 46.6 Å². The van der Waals surface area contributed by atoms with Gasteiger partial charge in [-0.1, -0.05) is 6.07 Å². The maximum Gasteiger partial charge on any atom is 0.132 e. The maximum absolute atomic E-state index is 13.6. The van der Waals surface area contributed by atoms with E-state index in [1.165, 1.54) is 12.1 Å². The molecule has 0 bridgehead atoms. The topological polar surface area (TPSA) is 91.7 Å². The fourth-order valence-electron chi connectivity index (χ4n) is 3.97. The lowest BCUT2D eigenvalue weighted by Crippen LogP contribution is -2.04. The van der Waals surface area contributed by atoms with Crippen LogP contribution in [0.4, 0.5) is 10.2 Å². The quantitative estimate of drug-likeness (QED) is 0.392. The van der Waals surface area contributed by atoms with Gasteiger partial charge in [0.15, 0.2) is 0 Å². The summed E-state index contributed by atoms with van der Waals surface area (Å²) >= 11 is 0. The Bertz CT molecular complexity index is 1480. The molecule has 3 aromatic heterocycles. The largest absolute Gasteiger partial charge is 0.383 e. The molecule has 0 saturated carbocycles. The Morgan fingerprint density at radius 3 is 2.56 bits per heavy atom. The molecule has 0 aliphatic rings. The van der Waals surface area contributed by atoms with Crippen molar-refractivity contribution in [2.75, 3.05) is 19.5 Å². The predicted molar refractivity (Wildman–Crippen MR) is 130 cm³/mol. The average Bonchev–Trinajstić information content (AvgIpc) is 3.32. The number of nitrogens with two attached hydrogens (primary N) is 1. The number of aromatic nitrogens is 5. The first-order valence-corrected chi connectivity index (χ1v) is 10.8. The zero-order valence-electron chi connectivity index (χ0n) is 18.9. The molecule has 5 aromatic rings. The van der Waals surface area contributed by atoms with E-state index in [1.54, 1.807) is 31.8 Å². The van der Waals surface area contributed by atoms with Crippen molar-refractivity contribution >= 4 is 16.7 Å². The number of fused-ring (bicyclic) bond motifs is 1. The number of ether oxygens (including phenoxy) is 1. The SMILES string of the molecule is COCCn1cc(-c2cc(-c3ccc4ncnc(C)c4c3)c(-c3ccc(F)cc3)nc2N)cn1. The number of halogens is 1.